The summed E-state index contributed by atoms with van der Waals surface area (Å²) in [5.41, 5.74) is -0.157. The van der Waals surface area contributed by atoms with Crippen molar-refractivity contribution in [3.63, 3.8) is 0 Å². The van der Waals surface area contributed by atoms with Crippen molar-refractivity contribution in [2.24, 2.45) is 0 Å². The fourth-order valence-corrected chi connectivity index (χ4v) is 1.72. The van der Waals surface area contributed by atoms with Crippen LogP contribution in [-0.4, -0.2) is 47.7 Å². The number of nitrogens with one attached hydrogen (secondary N) is 1. The van der Waals surface area contributed by atoms with Crippen LogP contribution in [0.4, 0.5) is 10.5 Å². The molecule has 0 unspecified atom stereocenters. The van der Waals surface area contributed by atoms with E-state index in [0.717, 1.165) is 0 Å². The predicted octanol–water partition coefficient (Wildman–Crippen LogP) is 2.92. The van der Waals surface area contributed by atoms with Gasteiger partial charge in [-0.1, -0.05) is 0 Å². The van der Waals surface area contributed by atoms with Gasteiger partial charge in [-0.15, -0.1) is 0 Å². The van der Waals surface area contributed by atoms with Crippen LogP contribution in [0.3, 0.4) is 0 Å². The highest BCUT2D eigenvalue weighted by Crippen LogP contribution is 2.28. The zero-order valence-electron chi connectivity index (χ0n) is 14.8. The first-order valence-corrected chi connectivity index (χ1v) is 7.37. The van der Waals surface area contributed by atoms with E-state index in [1.165, 1.54) is 13.3 Å². The van der Waals surface area contributed by atoms with Crippen molar-refractivity contribution in [2.75, 3.05) is 19.5 Å². The second-order valence-electron chi connectivity index (χ2n) is 6.38. The maximum Gasteiger partial charge on any atom is 0.412 e. The summed E-state index contributed by atoms with van der Waals surface area (Å²) in [6.45, 7) is 9.09. The van der Waals surface area contributed by atoms with Crippen molar-refractivity contribution in [2.45, 2.75) is 46.3 Å². The highest BCUT2D eigenvalue weighted by molar-refractivity contribution is 5.98. The lowest BCUT2D eigenvalue weighted by molar-refractivity contribution is 0.0633. The van der Waals surface area contributed by atoms with E-state index in [0.29, 0.717) is 5.69 Å². The van der Waals surface area contributed by atoms with Gasteiger partial charge in [0.1, 0.15) is 5.60 Å². The van der Waals surface area contributed by atoms with E-state index in [-0.39, 0.29) is 23.4 Å². The maximum absolute atomic E-state index is 12.5. The lowest BCUT2D eigenvalue weighted by Crippen LogP contribution is -2.34. The first-order chi connectivity index (χ1) is 10.6. The van der Waals surface area contributed by atoms with Crippen LogP contribution in [0.5, 0.6) is 5.75 Å². The van der Waals surface area contributed by atoms with Gasteiger partial charge < -0.3 is 14.4 Å². The Morgan fingerprint density at radius 1 is 1.30 bits per heavy atom. The van der Waals surface area contributed by atoms with Gasteiger partial charge in [-0.3, -0.25) is 10.1 Å². The molecule has 0 aromatic carbocycles. The molecule has 0 aliphatic heterocycles. The molecule has 0 radical (unpaired) electrons. The molecule has 1 rings (SSSR count). The second-order valence-corrected chi connectivity index (χ2v) is 6.38. The van der Waals surface area contributed by atoms with E-state index < -0.39 is 11.7 Å². The molecule has 0 saturated carbocycles. The molecular weight excluding hydrogens is 298 g/mol. The number of pyridine rings is 1. The number of aromatic nitrogens is 1. The summed E-state index contributed by atoms with van der Waals surface area (Å²) >= 11 is 0. The Morgan fingerprint density at radius 2 is 1.91 bits per heavy atom. The molecule has 1 aromatic heterocycles. The van der Waals surface area contributed by atoms with Crippen molar-refractivity contribution in [1.29, 1.82) is 0 Å². The molecule has 2 amide bonds. The molecule has 128 valence electrons. The largest absolute Gasteiger partial charge is 0.492 e. The van der Waals surface area contributed by atoms with Crippen molar-refractivity contribution in [3.05, 3.63) is 18.0 Å². The maximum atomic E-state index is 12.5. The van der Waals surface area contributed by atoms with E-state index in [2.05, 4.69) is 10.3 Å². The third-order valence-corrected chi connectivity index (χ3v) is 3.04. The topological polar surface area (TPSA) is 80.8 Å². The number of methoxy groups -OCH3 is 1. The quantitative estimate of drug-likeness (QED) is 0.921. The number of nitrogens with zero attached hydrogens (tertiary/aromatic N) is 2. The zero-order valence-corrected chi connectivity index (χ0v) is 14.8. The Labute approximate surface area is 137 Å². The molecule has 7 heteroatoms. The van der Waals surface area contributed by atoms with E-state index in [9.17, 15) is 9.59 Å². The minimum Gasteiger partial charge on any atom is -0.492 e. The summed E-state index contributed by atoms with van der Waals surface area (Å²) in [7, 11) is 3.10. The molecule has 0 aliphatic rings. The molecule has 1 aromatic rings. The molecule has 0 saturated heterocycles. The van der Waals surface area contributed by atoms with Crippen LogP contribution in [0.1, 0.15) is 45.1 Å². The van der Waals surface area contributed by atoms with E-state index >= 15 is 0 Å². The molecule has 0 fully saturated rings. The van der Waals surface area contributed by atoms with Gasteiger partial charge in [0.15, 0.2) is 11.4 Å². The molecule has 7 nitrogen and oxygen atoms in total. The van der Waals surface area contributed by atoms with Crippen molar-refractivity contribution in [3.8, 4) is 5.75 Å². The molecular formula is C16H25N3O4. The van der Waals surface area contributed by atoms with Gasteiger partial charge in [0, 0.05) is 19.3 Å². The Bertz CT molecular complexity index is 579. The number of hydrogen-bond acceptors (Lipinski definition) is 5. The van der Waals surface area contributed by atoms with Gasteiger partial charge in [0.2, 0.25) is 0 Å². The first kappa shape index (κ1) is 18.7. The van der Waals surface area contributed by atoms with Crippen molar-refractivity contribution in [1.82, 2.24) is 9.88 Å². The third kappa shape index (κ3) is 5.12. The summed E-state index contributed by atoms with van der Waals surface area (Å²) in [5.74, 6) is -0.0828. The minimum absolute atomic E-state index is 0.0106. The number of carbonyl (C=O) groups excluding carboxylic acids is 2. The molecule has 0 spiro atoms. The van der Waals surface area contributed by atoms with Crippen LogP contribution in [0.15, 0.2) is 12.3 Å². The van der Waals surface area contributed by atoms with Gasteiger partial charge >= 0.3 is 6.09 Å². The SMILES string of the molecule is COc1c(NC(=O)OC(C)(C)C)ccnc1C(=O)N(C)C(C)C. The van der Waals surface area contributed by atoms with Gasteiger partial charge in [-0.2, -0.15) is 0 Å². The summed E-state index contributed by atoms with van der Waals surface area (Å²) in [4.78, 5) is 30.0. The fraction of sp³-hybridized carbons (Fsp3) is 0.562. The van der Waals surface area contributed by atoms with Gasteiger partial charge in [0.25, 0.3) is 5.91 Å². The number of hydrogen-bond donors (Lipinski definition) is 1. The van der Waals surface area contributed by atoms with E-state index in [1.807, 2.05) is 13.8 Å². The third-order valence-electron chi connectivity index (χ3n) is 3.04. The van der Waals surface area contributed by atoms with Crippen LogP contribution in [0, 0.1) is 0 Å². The molecule has 1 N–H and O–H groups in total. The first-order valence-electron chi connectivity index (χ1n) is 7.37. The van der Waals surface area contributed by atoms with Gasteiger partial charge in [-0.25, -0.2) is 9.78 Å². The average molecular weight is 323 g/mol. The molecule has 0 atom stereocenters. The van der Waals surface area contributed by atoms with E-state index in [4.69, 9.17) is 9.47 Å². The number of carbonyl (C=O) groups is 2. The molecule has 23 heavy (non-hydrogen) atoms. The summed E-state index contributed by atoms with van der Waals surface area (Å²) in [6, 6.07) is 1.56. The van der Waals surface area contributed by atoms with Crippen molar-refractivity contribution >= 4 is 17.7 Å². The Hall–Kier alpha value is -2.31. The number of ether oxygens (including phenoxy) is 2. The summed E-state index contributed by atoms with van der Waals surface area (Å²) < 4.78 is 10.5. The number of anilines is 1. The van der Waals surface area contributed by atoms with Gasteiger partial charge in [-0.05, 0) is 40.7 Å². The summed E-state index contributed by atoms with van der Waals surface area (Å²) in [5, 5.41) is 2.58. The van der Waals surface area contributed by atoms with Gasteiger partial charge in [0.05, 0.1) is 12.8 Å². The van der Waals surface area contributed by atoms with Crippen LogP contribution in [-0.2, 0) is 4.74 Å². The lowest BCUT2D eigenvalue weighted by Gasteiger charge is -2.23. The van der Waals surface area contributed by atoms with Crippen molar-refractivity contribution < 1.29 is 19.1 Å². The monoisotopic (exact) mass is 323 g/mol. The van der Waals surface area contributed by atoms with Crippen LogP contribution >= 0.6 is 0 Å². The molecule has 0 aliphatic carbocycles. The highest BCUT2D eigenvalue weighted by Gasteiger charge is 2.24. The minimum atomic E-state index is -0.627. The Morgan fingerprint density at radius 3 is 2.39 bits per heavy atom. The van der Waals surface area contributed by atoms with Crippen LogP contribution in [0.25, 0.3) is 0 Å². The normalized spacial score (nSPS) is 11.1. The summed E-state index contributed by atoms with van der Waals surface area (Å²) in [6.07, 6.45) is 0.814. The fourth-order valence-electron chi connectivity index (χ4n) is 1.72. The molecule has 0 bridgehead atoms. The molecule has 1 heterocycles. The Kier molecular flexibility index (Phi) is 5.95. The average Bonchev–Trinajstić information content (AvgIpc) is 2.43. The number of amides is 2. The second kappa shape index (κ2) is 7.30. The predicted molar refractivity (Wildman–Crippen MR) is 87.9 cm³/mol. The smallest absolute Gasteiger partial charge is 0.412 e. The lowest BCUT2D eigenvalue weighted by atomic mass is 10.2. The highest BCUT2D eigenvalue weighted by atomic mass is 16.6. The van der Waals surface area contributed by atoms with Crippen LogP contribution in [0.2, 0.25) is 0 Å². The zero-order chi connectivity index (χ0) is 17.8. The number of rotatable bonds is 4. The standard InChI is InChI=1S/C16H25N3O4/c1-10(2)19(6)14(20)12-13(22-7)11(8-9-17-12)18-15(21)23-16(3,4)5/h8-10H,1-7H3,(H,17,18,21). The van der Waals surface area contributed by atoms with E-state index in [1.54, 1.807) is 38.8 Å². The van der Waals surface area contributed by atoms with Crippen LogP contribution < -0.4 is 10.1 Å². The Balaban J connectivity index is 3.10.